The van der Waals surface area contributed by atoms with Crippen LogP contribution in [0.2, 0.25) is 5.02 Å². The van der Waals surface area contributed by atoms with Crippen molar-refractivity contribution in [3.05, 3.63) is 22.8 Å². The van der Waals surface area contributed by atoms with Crippen molar-refractivity contribution in [2.75, 3.05) is 11.9 Å². The standard InChI is InChI=1S/C14H21ClN2O2/c1-2-3-4-5-6-7-8-16-13-9-11(14(18)19)12(15)10-17-13/h9-10H,2-8H2,1H3,(H,16,17)(H,18,19). The van der Waals surface area contributed by atoms with Gasteiger partial charge in [0.1, 0.15) is 5.82 Å². The highest BCUT2D eigenvalue weighted by atomic mass is 35.5. The zero-order valence-corrected chi connectivity index (χ0v) is 12.0. The maximum atomic E-state index is 10.9. The Morgan fingerprint density at radius 2 is 2.00 bits per heavy atom. The highest BCUT2D eigenvalue weighted by Crippen LogP contribution is 2.18. The van der Waals surface area contributed by atoms with Crippen LogP contribution in [0, 0.1) is 0 Å². The Balaban J connectivity index is 2.30. The fraction of sp³-hybridized carbons (Fsp3) is 0.571. The van der Waals surface area contributed by atoms with E-state index in [-0.39, 0.29) is 10.6 Å². The van der Waals surface area contributed by atoms with E-state index < -0.39 is 5.97 Å². The van der Waals surface area contributed by atoms with E-state index in [1.165, 1.54) is 44.4 Å². The number of anilines is 1. The molecule has 0 fully saturated rings. The Kier molecular flexibility index (Phi) is 7.26. The molecule has 0 aromatic carbocycles. The van der Waals surface area contributed by atoms with Gasteiger partial charge < -0.3 is 10.4 Å². The van der Waals surface area contributed by atoms with Gasteiger partial charge in [0.05, 0.1) is 10.6 Å². The topological polar surface area (TPSA) is 62.2 Å². The monoisotopic (exact) mass is 284 g/mol. The first-order chi connectivity index (χ1) is 9.15. The molecule has 1 aromatic rings. The third-order valence-electron chi connectivity index (χ3n) is 2.92. The number of carboxylic acids is 1. The van der Waals surface area contributed by atoms with Gasteiger partial charge in [-0.2, -0.15) is 0 Å². The minimum atomic E-state index is -1.03. The minimum Gasteiger partial charge on any atom is -0.478 e. The normalized spacial score (nSPS) is 10.4. The van der Waals surface area contributed by atoms with Crippen LogP contribution < -0.4 is 5.32 Å². The molecule has 0 amide bonds. The molecule has 0 aliphatic rings. The maximum Gasteiger partial charge on any atom is 0.337 e. The number of nitrogens with zero attached hydrogens (tertiary/aromatic N) is 1. The molecule has 0 saturated heterocycles. The van der Waals surface area contributed by atoms with Crippen LogP contribution in [0.15, 0.2) is 12.3 Å². The maximum absolute atomic E-state index is 10.9. The van der Waals surface area contributed by atoms with Gasteiger partial charge in [-0.15, -0.1) is 0 Å². The average molecular weight is 285 g/mol. The fourth-order valence-electron chi connectivity index (χ4n) is 1.82. The first-order valence-electron chi connectivity index (χ1n) is 6.78. The Morgan fingerprint density at radius 1 is 1.32 bits per heavy atom. The molecule has 0 aliphatic heterocycles. The molecule has 106 valence electrons. The first-order valence-corrected chi connectivity index (χ1v) is 7.15. The number of pyridine rings is 1. The van der Waals surface area contributed by atoms with Crippen LogP contribution >= 0.6 is 11.6 Å². The number of carboxylic acid groups (broad SMARTS) is 1. The van der Waals surface area contributed by atoms with Crippen LogP contribution in [0.1, 0.15) is 55.8 Å². The van der Waals surface area contributed by atoms with Gasteiger partial charge in [-0.25, -0.2) is 9.78 Å². The second-order valence-electron chi connectivity index (χ2n) is 4.55. The summed E-state index contributed by atoms with van der Waals surface area (Å²) >= 11 is 5.75. The lowest BCUT2D eigenvalue weighted by Gasteiger charge is -2.07. The zero-order valence-electron chi connectivity index (χ0n) is 11.3. The van der Waals surface area contributed by atoms with Crippen molar-refractivity contribution in [3.63, 3.8) is 0 Å². The molecule has 0 aliphatic carbocycles. The summed E-state index contributed by atoms with van der Waals surface area (Å²) in [6, 6.07) is 1.47. The van der Waals surface area contributed by atoms with Crippen molar-refractivity contribution in [1.82, 2.24) is 4.98 Å². The molecule has 5 heteroatoms. The molecule has 0 saturated carbocycles. The average Bonchev–Trinajstić information content (AvgIpc) is 2.39. The van der Waals surface area contributed by atoms with Gasteiger partial charge in [0.15, 0.2) is 0 Å². The SMILES string of the molecule is CCCCCCCCNc1cc(C(=O)O)c(Cl)cn1. The number of aromatic nitrogens is 1. The van der Waals surface area contributed by atoms with Crippen molar-refractivity contribution < 1.29 is 9.90 Å². The molecular formula is C14H21ClN2O2. The summed E-state index contributed by atoms with van der Waals surface area (Å²) in [5, 5.41) is 12.2. The number of aromatic carboxylic acids is 1. The van der Waals surface area contributed by atoms with Gasteiger partial charge in [0.2, 0.25) is 0 Å². The van der Waals surface area contributed by atoms with Crippen molar-refractivity contribution in [3.8, 4) is 0 Å². The Bertz CT molecular complexity index is 410. The Labute approximate surface area is 119 Å². The highest BCUT2D eigenvalue weighted by molar-refractivity contribution is 6.33. The van der Waals surface area contributed by atoms with Gasteiger partial charge in [0.25, 0.3) is 0 Å². The number of hydrogen-bond acceptors (Lipinski definition) is 3. The first kappa shape index (κ1) is 15.8. The predicted molar refractivity (Wildman–Crippen MR) is 78.1 cm³/mol. The molecule has 19 heavy (non-hydrogen) atoms. The summed E-state index contributed by atoms with van der Waals surface area (Å²) in [4.78, 5) is 15.0. The number of hydrogen-bond donors (Lipinski definition) is 2. The summed E-state index contributed by atoms with van der Waals surface area (Å²) in [5.41, 5.74) is 0.0853. The summed E-state index contributed by atoms with van der Waals surface area (Å²) in [6.07, 6.45) is 8.72. The second kappa shape index (κ2) is 8.75. The lowest BCUT2D eigenvalue weighted by Crippen LogP contribution is -2.06. The molecule has 1 heterocycles. The molecule has 0 atom stereocenters. The highest BCUT2D eigenvalue weighted by Gasteiger charge is 2.09. The van der Waals surface area contributed by atoms with Crippen molar-refractivity contribution in [2.45, 2.75) is 45.4 Å². The minimum absolute atomic E-state index is 0.0853. The van der Waals surface area contributed by atoms with Gasteiger partial charge >= 0.3 is 5.97 Å². The largest absolute Gasteiger partial charge is 0.478 e. The summed E-state index contributed by atoms with van der Waals surface area (Å²) in [7, 11) is 0. The second-order valence-corrected chi connectivity index (χ2v) is 4.96. The molecule has 0 unspecified atom stereocenters. The number of nitrogens with one attached hydrogen (secondary N) is 1. The molecule has 1 aromatic heterocycles. The van der Waals surface area contributed by atoms with Crippen LogP contribution in [0.25, 0.3) is 0 Å². The van der Waals surface area contributed by atoms with E-state index in [2.05, 4.69) is 17.2 Å². The Hall–Kier alpha value is -1.29. The molecule has 0 radical (unpaired) electrons. The van der Waals surface area contributed by atoms with E-state index in [0.29, 0.717) is 5.82 Å². The van der Waals surface area contributed by atoms with E-state index in [1.54, 1.807) is 0 Å². The Morgan fingerprint density at radius 3 is 2.68 bits per heavy atom. The zero-order chi connectivity index (χ0) is 14.1. The smallest absolute Gasteiger partial charge is 0.337 e. The molecular weight excluding hydrogens is 264 g/mol. The van der Waals surface area contributed by atoms with Crippen molar-refractivity contribution >= 4 is 23.4 Å². The van der Waals surface area contributed by atoms with Crippen LogP contribution in [0.5, 0.6) is 0 Å². The summed E-state index contributed by atoms with van der Waals surface area (Å²) in [6.45, 7) is 3.01. The quantitative estimate of drug-likeness (QED) is 0.667. The van der Waals surface area contributed by atoms with Gasteiger partial charge in [-0.3, -0.25) is 0 Å². The van der Waals surface area contributed by atoms with Gasteiger partial charge in [0, 0.05) is 12.7 Å². The van der Waals surface area contributed by atoms with E-state index in [1.807, 2.05) is 0 Å². The number of halogens is 1. The van der Waals surface area contributed by atoms with Crippen LogP contribution in [-0.2, 0) is 0 Å². The lowest BCUT2D eigenvalue weighted by atomic mass is 10.1. The lowest BCUT2D eigenvalue weighted by molar-refractivity contribution is 0.0697. The summed E-state index contributed by atoms with van der Waals surface area (Å²) < 4.78 is 0. The predicted octanol–water partition coefficient (Wildman–Crippen LogP) is 4.21. The third kappa shape index (κ3) is 5.92. The molecule has 1 rings (SSSR count). The molecule has 2 N–H and O–H groups in total. The van der Waals surface area contributed by atoms with E-state index in [9.17, 15) is 4.79 Å². The van der Waals surface area contributed by atoms with Crippen LogP contribution in [0.4, 0.5) is 5.82 Å². The number of carbonyl (C=O) groups is 1. The summed E-state index contributed by atoms with van der Waals surface area (Å²) in [5.74, 6) is -0.467. The third-order valence-corrected chi connectivity index (χ3v) is 3.22. The van der Waals surface area contributed by atoms with E-state index in [4.69, 9.17) is 16.7 Å². The molecule has 0 bridgehead atoms. The van der Waals surface area contributed by atoms with Gasteiger partial charge in [-0.05, 0) is 12.5 Å². The fourth-order valence-corrected chi connectivity index (χ4v) is 2.01. The van der Waals surface area contributed by atoms with Crippen molar-refractivity contribution in [1.29, 1.82) is 0 Å². The van der Waals surface area contributed by atoms with Crippen LogP contribution in [-0.4, -0.2) is 22.6 Å². The number of rotatable bonds is 9. The van der Waals surface area contributed by atoms with Gasteiger partial charge in [-0.1, -0.05) is 50.6 Å². The van der Waals surface area contributed by atoms with Crippen LogP contribution in [0.3, 0.4) is 0 Å². The van der Waals surface area contributed by atoms with E-state index >= 15 is 0 Å². The molecule has 4 nitrogen and oxygen atoms in total. The van der Waals surface area contributed by atoms with E-state index in [0.717, 1.165) is 13.0 Å². The van der Waals surface area contributed by atoms with Crippen molar-refractivity contribution in [2.24, 2.45) is 0 Å². The number of unbranched alkanes of at least 4 members (excludes halogenated alkanes) is 5. The molecule has 0 spiro atoms.